The third kappa shape index (κ3) is 6.08. The highest BCUT2D eigenvalue weighted by Gasteiger charge is 2.33. The van der Waals surface area contributed by atoms with Gasteiger partial charge < -0.3 is 5.32 Å². The number of benzene rings is 2. The summed E-state index contributed by atoms with van der Waals surface area (Å²) in [5, 5.41) is 3.14. The maximum absolute atomic E-state index is 12.9. The predicted molar refractivity (Wildman–Crippen MR) is 122 cm³/mol. The van der Waals surface area contributed by atoms with Crippen molar-refractivity contribution >= 4 is 37.6 Å². The normalized spacial score (nSPS) is 17.8. The molecule has 2 N–H and O–H groups in total. The molecule has 0 spiro atoms. The SMILES string of the molecule is Cc1ccc(S(=O)(=O)NCCNC(=O)C2CCCN(S(=O)(=O)c3ccc(Cl)cc3)C2)cc1. The molecule has 11 heteroatoms. The second-order valence-electron chi connectivity index (χ2n) is 7.66. The topological polar surface area (TPSA) is 113 Å². The molecule has 32 heavy (non-hydrogen) atoms. The van der Waals surface area contributed by atoms with E-state index in [0.717, 1.165) is 5.56 Å². The van der Waals surface area contributed by atoms with Gasteiger partial charge in [0.15, 0.2) is 0 Å². The van der Waals surface area contributed by atoms with Crippen LogP contribution in [0.25, 0.3) is 0 Å². The van der Waals surface area contributed by atoms with Gasteiger partial charge in [0.2, 0.25) is 26.0 Å². The molecule has 1 saturated heterocycles. The zero-order valence-electron chi connectivity index (χ0n) is 17.6. The lowest BCUT2D eigenvalue weighted by Crippen LogP contribution is -2.46. The van der Waals surface area contributed by atoms with Gasteiger partial charge in [-0.2, -0.15) is 4.31 Å². The Balaban J connectivity index is 1.52. The lowest BCUT2D eigenvalue weighted by atomic mass is 9.99. The van der Waals surface area contributed by atoms with E-state index in [1.165, 1.54) is 40.7 Å². The van der Waals surface area contributed by atoms with Gasteiger partial charge in [-0.1, -0.05) is 29.3 Å². The quantitative estimate of drug-likeness (QED) is 0.540. The Morgan fingerprint density at radius 1 is 1.00 bits per heavy atom. The molecule has 0 aromatic heterocycles. The van der Waals surface area contributed by atoms with Crippen molar-refractivity contribution in [3.63, 3.8) is 0 Å². The highest BCUT2D eigenvalue weighted by molar-refractivity contribution is 7.89. The van der Waals surface area contributed by atoms with Crippen molar-refractivity contribution in [2.75, 3.05) is 26.2 Å². The van der Waals surface area contributed by atoms with Crippen LogP contribution in [-0.2, 0) is 24.8 Å². The van der Waals surface area contributed by atoms with Gasteiger partial charge in [0.1, 0.15) is 0 Å². The fraction of sp³-hybridized carbons (Fsp3) is 0.381. The molecule has 0 bridgehead atoms. The van der Waals surface area contributed by atoms with E-state index in [4.69, 9.17) is 11.6 Å². The van der Waals surface area contributed by atoms with Crippen molar-refractivity contribution in [2.45, 2.75) is 29.6 Å². The minimum atomic E-state index is -3.72. The Morgan fingerprint density at radius 3 is 2.28 bits per heavy atom. The summed E-state index contributed by atoms with van der Waals surface area (Å²) in [6, 6.07) is 12.4. The molecule has 0 saturated carbocycles. The van der Waals surface area contributed by atoms with Crippen LogP contribution < -0.4 is 10.0 Å². The molecule has 2 aromatic rings. The van der Waals surface area contributed by atoms with Gasteiger partial charge in [-0.3, -0.25) is 4.79 Å². The first kappa shape index (κ1) is 24.7. The number of carbonyl (C=O) groups excluding carboxylic acids is 1. The fourth-order valence-corrected chi connectivity index (χ4v) is 6.13. The Morgan fingerprint density at radius 2 is 1.62 bits per heavy atom. The van der Waals surface area contributed by atoms with Crippen LogP contribution in [0.1, 0.15) is 18.4 Å². The van der Waals surface area contributed by atoms with Crippen LogP contribution in [0.4, 0.5) is 0 Å². The molecule has 0 aliphatic carbocycles. The Hall–Kier alpha value is -1.98. The van der Waals surface area contributed by atoms with Crippen molar-refractivity contribution in [3.05, 3.63) is 59.1 Å². The molecule has 1 unspecified atom stereocenters. The van der Waals surface area contributed by atoms with Crippen molar-refractivity contribution in [1.82, 2.24) is 14.3 Å². The Bertz CT molecular complexity index is 1150. The van der Waals surface area contributed by atoms with Crippen LogP contribution in [0.3, 0.4) is 0 Å². The maximum Gasteiger partial charge on any atom is 0.243 e. The maximum atomic E-state index is 12.9. The summed E-state index contributed by atoms with van der Waals surface area (Å²) in [6.07, 6.45) is 1.12. The van der Waals surface area contributed by atoms with Crippen molar-refractivity contribution < 1.29 is 21.6 Å². The van der Waals surface area contributed by atoms with Crippen molar-refractivity contribution in [1.29, 1.82) is 0 Å². The first-order valence-corrected chi connectivity index (χ1v) is 13.5. The standard InChI is InChI=1S/C21H26ClN3O5S2/c1-16-4-8-19(9-5-16)31(27,28)24-13-12-23-21(26)17-3-2-14-25(15-17)32(29,30)20-10-6-18(22)7-11-20/h4-11,17,24H,2-3,12-15H2,1H3,(H,23,26). The van der Waals surface area contributed by atoms with Crippen LogP contribution in [0.2, 0.25) is 5.02 Å². The molecule has 2 aromatic carbocycles. The smallest absolute Gasteiger partial charge is 0.243 e. The molecule has 0 radical (unpaired) electrons. The van der Waals surface area contributed by atoms with E-state index in [0.29, 0.717) is 24.4 Å². The molecule has 1 heterocycles. The summed E-state index contributed by atoms with van der Waals surface area (Å²) in [6.45, 7) is 2.41. The van der Waals surface area contributed by atoms with Crippen molar-refractivity contribution in [2.24, 2.45) is 5.92 Å². The van der Waals surface area contributed by atoms with Gasteiger partial charge >= 0.3 is 0 Å². The zero-order chi connectivity index (χ0) is 23.4. The van der Waals surface area contributed by atoms with Crippen molar-refractivity contribution in [3.8, 4) is 0 Å². The van der Waals surface area contributed by atoms with Crippen LogP contribution in [0, 0.1) is 12.8 Å². The fourth-order valence-electron chi connectivity index (χ4n) is 3.45. The van der Waals surface area contributed by atoms with Gasteiger partial charge in [-0.15, -0.1) is 0 Å². The number of aryl methyl sites for hydroxylation is 1. The lowest BCUT2D eigenvalue weighted by Gasteiger charge is -2.31. The van der Waals surface area contributed by atoms with Gasteiger partial charge in [0.25, 0.3) is 0 Å². The number of amides is 1. The zero-order valence-corrected chi connectivity index (χ0v) is 20.0. The molecule has 1 amide bonds. The number of nitrogens with zero attached hydrogens (tertiary/aromatic N) is 1. The van der Waals surface area contributed by atoms with E-state index < -0.39 is 26.0 Å². The van der Waals surface area contributed by atoms with Crippen LogP contribution in [0.15, 0.2) is 58.3 Å². The summed E-state index contributed by atoms with van der Waals surface area (Å²) >= 11 is 5.84. The van der Waals surface area contributed by atoms with E-state index in [1.807, 2.05) is 6.92 Å². The molecule has 1 aliphatic heterocycles. The first-order valence-electron chi connectivity index (χ1n) is 10.2. The lowest BCUT2D eigenvalue weighted by molar-refractivity contribution is -0.126. The monoisotopic (exact) mass is 499 g/mol. The van der Waals surface area contributed by atoms with Crippen LogP contribution in [-0.4, -0.2) is 53.2 Å². The summed E-state index contributed by atoms with van der Waals surface area (Å²) in [4.78, 5) is 12.8. The van der Waals surface area contributed by atoms with Gasteiger partial charge in [-0.05, 0) is 56.2 Å². The average Bonchev–Trinajstić information content (AvgIpc) is 2.77. The second-order valence-corrected chi connectivity index (χ2v) is 11.8. The molecule has 174 valence electrons. The number of carbonyl (C=O) groups is 1. The molecule has 1 aliphatic rings. The van der Waals surface area contributed by atoms with E-state index in [9.17, 15) is 21.6 Å². The van der Waals surface area contributed by atoms with E-state index in [-0.39, 0.29) is 35.3 Å². The molecule has 1 fully saturated rings. The second kappa shape index (κ2) is 10.3. The summed E-state index contributed by atoms with van der Waals surface area (Å²) < 4.78 is 54.1. The molecule has 1 atom stereocenters. The molecular formula is C21H26ClN3O5S2. The largest absolute Gasteiger partial charge is 0.355 e. The number of rotatable bonds is 8. The van der Waals surface area contributed by atoms with Gasteiger partial charge in [0, 0.05) is 31.2 Å². The molecule has 3 rings (SSSR count). The molecule has 8 nitrogen and oxygen atoms in total. The number of sulfonamides is 2. The third-order valence-corrected chi connectivity index (χ3v) is 8.86. The summed E-state index contributed by atoms with van der Waals surface area (Å²) in [5.74, 6) is -0.796. The highest BCUT2D eigenvalue weighted by atomic mass is 35.5. The van der Waals surface area contributed by atoms with Gasteiger partial charge in [0.05, 0.1) is 15.7 Å². The highest BCUT2D eigenvalue weighted by Crippen LogP contribution is 2.24. The third-order valence-electron chi connectivity index (χ3n) is 5.25. The number of halogens is 1. The number of hydrogen-bond donors (Lipinski definition) is 2. The van der Waals surface area contributed by atoms with Crippen LogP contribution in [0.5, 0.6) is 0 Å². The Kier molecular flexibility index (Phi) is 7.94. The minimum absolute atomic E-state index is 0.0292. The van der Waals surface area contributed by atoms with E-state index in [2.05, 4.69) is 10.0 Å². The van der Waals surface area contributed by atoms with Crippen LogP contribution >= 0.6 is 11.6 Å². The number of nitrogens with one attached hydrogen (secondary N) is 2. The first-order chi connectivity index (χ1) is 15.1. The van der Waals surface area contributed by atoms with E-state index >= 15 is 0 Å². The molecular weight excluding hydrogens is 474 g/mol. The average molecular weight is 500 g/mol. The van der Waals surface area contributed by atoms with E-state index in [1.54, 1.807) is 12.1 Å². The Labute approximate surface area is 194 Å². The predicted octanol–water partition coefficient (Wildman–Crippen LogP) is 2.14. The summed E-state index contributed by atoms with van der Waals surface area (Å²) in [5.41, 5.74) is 0.954. The number of piperidine rings is 1. The summed E-state index contributed by atoms with van der Waals surface area (Å²) in [7, 11) is -7.38. The minimum Gasteiger partial charge on any atom is -0.355 e. The number of hydrogen-bond acceptors (Lipinski definition) is 5. The van der Waals surface area contributed by atoms with Gasteiger partial charge in [-0.25, -0.2) is 21.6 Å².